The van der Waals surface area contributed by atoms with Gasteiger partial charge in [0.15, 0.2) is 5.75 Å². The van der Waals surface area contributed by atoms with Gasteiger partial charge >= 0.3 is 0 Å². The maximum atomic E-state index is 13.4. The fourth-order valence-electron chi connectivity index (χ4n) is 4.22. The van der Waals surface area contributed by atoms with E-state index < -0.39 is 5.95 Å². The molecule has 0 aliphatic carbocycles. The summed E-state index contributed by atoms with van der Waals surface area (Å²) in [5.74, 6) is -0.534. The number of halogens is 1. The molecule has 0 fully saturated rings. The summed E-state index contributed by atoms with van der Waals surface area (Å²) in [6.07, 6.45) is 2.54. The number of nitrogens with one attached hydrogen (secondary N) is 1. The van der Waals surface area contributed by atoms with E-state index >= 15 is 0 Å². The van der Waals surface area contributed by atoms with Gasteiger partial charge < -0.3 is 15.0 Å². The Balaban J connectivity index is 1.71. The van der Waals surface area contributed by atoms with E-state index in [1.807, 2.05) is 67.4 Å². The largest absolute Gasteiger partial charge is 0.504 e. The van der Waals surface area contributed by atoms with Gasteiger partial charge in [0.25, 0.3) is 5.56 Å². The van der Waals surface area contributed by atoms with Crippen LogP contribution in [0.5, 0.6) is 5.75 Å². The van der Waals surface area contributed by atoms with Gasteiger partial charge in [0, 0.05) is 34.6 Å². The van der Waals surface area contributed by atoms with Crippen molar-refractivity contribution in [2.45, 2.75) is 49.8 Å². The molecular weight excluding hydrogens is 473 g/mol. The second-order valence-electron chi connectivity index (χ2n) is 8.85. The maximum Gasteiger partial charge on any atom is 0.266 e. The highest BCUT2D eigenvalue weighted by atomic mass is 32.2. The molecule has 4 aromatic rings. The van der Waals surface area contributed by atoms with Crippen LogP contribution in [-0.2, 0) is 6.42 Å². The number of pyridine rings is 2. The number of hydrogen-bond donors (Lipinski definition) is 2. The fourth-order valence-corrected chi connectivity index (χ4v) is 5.07. The molecule has 2 heterocycles. The van der Waals surface area contributed by atoms with Crippen LogP contribution in [-0.4, -0.2) is 22.1 Å². The predicted octanol–water partition coefficient (Wildman–Crippen LogP) is 7.16. The summed E-state index contributed by atoms with van der Waals surface area (Å²) >= 11 is 1.22. The number of unbranched alkanes of at least 4 members (excludes halogenated alkanes) is 1. The average Bonchev–Trinajstić information content (AvgIpc) is 2.85. The summed E-state index contributed by atoms with van der Waals surface area (Å²) in [5.41, 5.74) is 5.42. The highest BCUT2D eigenvalue weighted by molar-refractivity contribution is 7.99. The lowest BCUT2D eigenvalue weighted by atomic mass is 10.1. The lowest BCUT2D eigenvalue weighted by Crippen LogP contribution is -2.19. The number of H-pyrrole nitrogens is 1. The van der Waals surface area contributed by atoms with Crippen LogP contribution >= 0.6 is 11.8 Å². The Hall–Kier alpha value is -3.58. The van der Waals surface area contributed by atoms with Gasteiger partial charge in [-0.3, -0.25) is 4.79 Å². The first-order valence-electron chi connectivity index (χ1n) is 12.0. The van der Waals surface area contributed by atoms with Crippen LogP contribution < -0.4 is 10.5 Å². The smallest absolute Gasteiger partial charge is 0.266 e. The molecule has 2 N–H and O–H groups in total. The molecule has 2 aromatic carbocycles. The van der Waals surface area contributed by atoms with Gasteiger partial charge in [0.1, 0.15) is 10.6 Å². The first kappa shape index (κ1) is 25.5. The molecule has 0 aliphatic rings. The molecule has 7 heteroatoms. The Morgan fingerprint density at radius 2 is 1.83 bits per heavy atom. The number of aryl methyl sites for hydroxylation is 3. The summed E-state index contributed by atoms with van der Waals surface area (Å²) in [7, 11) is 1.90. The minimum absolute atomic E-state index is 0.0264. The van der Waals surface area contributed by atoms with Gasteiger partial charge in [0.2, 0.25) is 5.95 Å². The van der Waals surface area contributed by atoms with Crippen LogP contribution in [0.2, 0.25) is 0 Å². The van der Waals surface area contributed by atoms with E-state index in [1.54, 1.807) is 13.0 Å². The molecule has 186 valence electrons. The van der Waals surface area contributed by atoms with E-state index in [1.165, 1.54) is 17.8 Å². The first-order chi connectivity index (χ1) is 17.3. The molecule has 0 saturated carbocycles. The highest BCUT2D eigenvalue weighted by Crippen LogP contribution is 2.42. The summed E-state index contributed by atoms with van der Waals surface area (Å²) in [6.45, 7) is 5.89. The zero-order valence-corrected chi connectivity index (χ0v) is 21.7. The third kappa shape index (κ3) is 5.46. The predicted molar refractivity (Wildman–Crippen MR) is 145 cm³/mol. The molecule has 0 amide bonds. The zero-order valence-electron chi connectivity index (χ0n) is 20.9. The van der Waals surface area contributed by atoms with Crippen molar-refractivity contribution in [2.24, 2.45) is 0 Å². The molecule has 0 aliphatic heterocycles. The van der Waals surface area contributed by atoms with Gasteiger partial charge in [-0.2, -0.15) is 4.39 Å². The minimum atomic E-state index is -0.507. The van der Waals surface area contributed by atoms with Gasteiger partial charge in [-0.05, 0) is 74.2 Å². The van der Waals surface area contributed by atoms with E-state index in [2.05, 4.69) is 16.9 Å². The number of aromatic amines is 1. The molecule has 2 aromatic heterocycles. The standard InChI is InChI=1S/C29H30FN3O2S/c1-5-6-10-24-26(33(4)21-9-7-8-18(2)17-21)27(34)28(29(35)32-24)36-22-13-11-20(12-14-22)23-15-16-25(30)31-19(23)3/h7-9,11-17H,5-6,10H2,1-4H3,(H2,32,34,35). The number of aromatic hydroxyl groups is 1. The van der Waals surface area contributed by atoms with E-state index in [0.29, 0.717) is 17.8 Å². The van der Waals surface area contributed by atoms with Gasteiger partial charge in [-0.25, -0.2) is 4.98 Å². The SMILES string of the molecule is CCCCc1[nH]c(=O)c(Sc2ccc(-c3ccc(F)nc3C)cc2)c(O)c1N(C)c1cccc(C)c1. The maximum absolute atomic E-state index is 13.4. The van der Waals surface area contributed by atoms with Crippen molar-refractivity contribution in [3.05, 3.63) is 93.9 Å². The third-order valence-corrected chi connectivity index (χ3v) is 7.23. The van der Waals surface area contributed by atoms with E-state index in [-0.39, 0.29) is 16.2 Å². The quantitative estimate of drug-likeness (QED) is 0.250. The Morgan fingerprint density at radius 3 is 2.50 bits per heavy atom. The topological polar surface area (TPSA) is 69.2 Å². The van der Waals surface area contributed by atoms with Crippen molar-refractivity contribution < 1.29 is 9.50 Å². The lowest BCUT2D eigenvalue weighted by Gasteiger charge is -2.25. The van der Waals surface area contributed by atoms with Gasteiger partial charge in [-0.1, -0.05) is 49.4 Å². The number of rotatable bonds is 8. The second-order valence-corrected chi connectivity index (χ2v) is 9.94. The van der Waals surface area contributed by atoms with Crippen LogP contribution in [0.4, 0.5) is 15.8 Å². The number of aromatic nitrogens is 2. The molecule has 5 nitrogen and oxygen atoms in total. The van der Waals surface area contributed by atoms with Crippen LogP contribution in [0.3, 0.4) is 0 Å². The van der Waals surface area contributed by atoms with E-state index in [9.17, 15) is 14.3 Å². The Labute approximate surface area is 215 Å². The number of hydrogen-bond acceptors (Lipinski definition) is 5. The number of nitrogens with zero attached hydrogens (tertiary/aromatic N) is 2. The molecule has 0 saturated heterocycles. The van der Waals surface area contributed by atoms with Crippen molar-refractivity contribution in [1.29, 1.82) is 0 Å². The minimum Gasteiger partial charge on any atom is -0.504 e. The van der Waals surface area contributed by atoms with Crippen molar-refractivity contribution in [3.8, 4) is 16.9 Å². The molecule has 0 bridgehead atoms. The molecule has 4 rings (SSSR count). The molecule has 36 heavy (non-hydrogen) atoms. The Bertz CT molecular complexity index is 1430. The van der Waals surface area contributed by atoms with Crippen LogP contribution in [0.1, 0.15) is 36.7 Å². The summed E-state index contributed by atoms with van der Waals surface area (Å²) in [6, 6.07) is 18.7. The number of benzene rings is 2. The van der Waals surface area contributed by atoms with E-state index in [0.717, 1.165) is 45.8 Å². The molecule has 0 spiro atoms. The summed E-state index contributed by atoms with van der Waals surface area (Å²) in [4.78, 5) is 23.0. The second kappa shape index (κ2) is 11.0. The van der Waals surface area contributed by atoms with Crippen molar-refractivity contribution in [3.63, 3.8) is 0 Å². The van der Waals surface area contributed by atoms with Crippen molar-refractivity contribution >= 4 is 23.1 Å². The fraction of sp³-hybridized carbons (Fsp3) is 0.241. The summed E-state index contributed by atoms with van der Waals surface area (Å²) in [5, 5.41) is 11.4. The molecule has 0 radical (unpaired) electrons. The van der Waals surface area contributed by atoms with Crippen molar-refractivity contribution in [1.82, 2.24) is 9.97 Å². The molecule has 0 atom stereocenters. The van der Waals surface area contributed by atoms with Crippen molar-refractivity contribution in [2.75, 3.05) is 11.9 Å². The van der Waals surface area contributed by atoms with E-state index in [4.69, 9.17) is 0 Å². The first-order valence-corrected chi connectivity index (χ1v) is 12.8. The van der Waals surface area contributed by atoms with Gasteiger partial charge in [-0.15, -0.1) is 0 Å². The summed E-state index contributed by atoms with van der Waals surface area (Å²) < 4.78 is 13.4. The zero-order chi connectivity index (χ0) is 25.8. The van der Waals surface area contributed by atoms with Crippen LogP contribution in [0.25, 0.3) is 11.1 Å². The van der Waals surface area contributed by atoms with Crippen LogP contribution in [0.15, 0.2) is 75.2 Å². The number of anilines is 2. The normalized spacial score (nSPS) is 11.0. The van der Waals surface area contributed by atoms with Gasteiger partial charge in [0.05, 0.1) is 0 Å². The average molecular weight is 504 g/mol. The monoisotopic (exact) mass is 503 g/mol. The molecule has 0 unspecified atom stereocenters. The third-order valence-electron chi connectivity index (χ3n) is 6.14. The lowest BCUT2D eigenvalue weighted by molar-refractivity contribution is 0.459. The Kier molecular flexibility index (Phi) is 7.79. The Morgan fingerprint density at radius 1 is 1.08 bits per heavy atom. The highest BCUT2D eigenvalue weighted by Gasteiger charge is 2.22. The molecular formula is C29H30FN3O2S. The van der Waals surface area contributed by atoms with Crippen LogP contribution in [0, 0.1) is 19.8 Å².